The topological polar surface area (TPSA) is 43.0 Å². The molecule has 1 spiro atoms. The maximum atomic E-state index is 6.25. The zero-order chi connectivity index (χ0) is 25.7. The van der Waals surface area contributed by atoms with Crippen molar-refractivity contribution in [1.82, 2.24) is 5.32 Å². The molecule has 1 saturated carbocycles. The van der Waals surface area contributed by atoms with Crippen molar-refractivity contribution in [2.45, 2.75) is 25.3 Å². The normalized spacial score (nSPS) is 22.2. The van der Waals surface area contributed by atoms with Gasteiger partial charge in [0.1, 0.15) is 0 Å². The highest BCUT2D eigenvalue weighted by Gasteiger charge is 2.61. The van der Waals surface area contributed by atoms with Crippen LogP contribution < -0.4 is 19.7 Å². The highest BCUT2D eigenvalue weighted by atomic mass is 35.5. The lowest BCUT2D eigenvalue weighted by Gasteiger charge is -2.31. The van der Waals surface area contributed by atoms with Gasteiger partial charge in [0, 0.05) is 57.0 Å². The van der Waals surface area contributed by atoms with E-state index < -0.39 is 0 Å². The Hall–Kier alpha value is -2.73. The van der Waals surface area contributed by atoms with Crippen LogP contribution in [0, 0.1) is 11.3 Å². The fourth-order valence-corrected chi connectivity index (χ4v) is 6.02. The lowest BCUT2D eigenvalue weighted by Crippen LogP contribution is -2.33. The Balaban J connectivity index is 1.36. The van der Waals surface area contributed by atoms with Crippen LogP contribution in [0.1, 0.15) is 29.9 Å². The largest absolute Gasteiger partial charge is 0.493 e. The van der Waals surface area contributed by atoms with E-state index in [2.05, 4.69) is 64.8 Å². The van der Waals surface area contributed by atoms with Crippen molar-refractivity contribution >= 4 is 17.3 Å². The third-order valence-corrected chi connectivity index (χ3v) is 8.21. The zero-order valence-corrected chi connectivity index (χ0v) is 22.5. The van der Waals surface area contributed by atoms with Gasteiger partial charge in [-0.05, 0) is 71.2 Å². The molecular weight excluding hydrogens is 484 g/mol. The monoisotopic (exact) mass is 520 g/mol. The molecule has 1 N–H and O–H groups in total. The van der Waals surface area contributed by atoms with Crippen molar-refractivity contribution in [2.24, 2.45) is 11.3 Å². The molecular formula is C31H37ClN2O3. The first kappa shape index (κ1) is 25.9. The van der Waals surface area contributed by atoms with Crippen molar-refractivity contribution in [3.63, 3.8) is 0 Å². The maximum absolute atomic E-state index is 6.25. The molecule has 1 aliphatic heterocycles. The van der Waals surface area contributed by atoms with Crippen LogP contribution in [0.15, 0.2) is 72.8 Å². The lowest BCUT2D eigenvalue weighted by atomic mass is 9.87. The first-order valence-electron chi connectivity index (χ1n) is 13.2. The second-order valence-electron chi connectivity index (χ2n) is 10.3. The predicted molar refractivity (Wildman–Crippen MR) is 150 cm³/mol. The number of nitrogens with one attached hydrogen (secondary N) is 1. The predicted octanol–water partition coefficient (Wildman–Crippen LogP) is 6.16. The smallest absolute Gasteiger partial charge is 0.161 e. The number of nitrogens with zero attached hydrogens (tertiary/aromatic N) is 1. The van der Waals surface area contributed by atoms with E-state index >= 15 is 0 Å². The quantitative estimate of drug-likeness (QED) is 0.289. The van der Waals surface area contributed by atoms with Gasteiger partial charge in [0.25, 0.3) is 0 Å². The molecule has 1 saturated heterocycles. The van der Waals surface area contributed by atoms with E-state index in [4.69, 9.17) is 25.8 Å². The number of hydrogen-bond acceptors (Lipinski definition) is 5. The first-order valence-corrected chi connectivity index (χ1v) is 13.6. The Labute approximate surface area is 225 Å². The summed E-state index contributed by atoms with van der Waals surface area (Å²) in [4.78, 5) is 2.49. The summed E-state index contributed by atoms with van der Waals surface area (Å²) in [6, 6.07) is 25.5. The molecule has 3 atom stereocenters. The molecule has 2 fully saturated rings. The van der Waals surface area contributed by atoms with Crippen LogP contribution in [0.4, 0.5) is 5.69 Å². The summed E-state index contributed by atoms with van der Waals surface area (Å²) in [5, 5.41) is 4.47. The number of hydrogen-bond donors (Lipinski definition) is 1. The van der Waals surface area contributed by atoms with Crippen LogP contribution in [-0.2, 0) is 11.3 Å². The summed E-state index contributed by atoms with van der Waals surface area (Å²) < 4.78 is 16.8. The molecule has 5 rings (SSSR count). The Morgan fingerprint density at radius 1 is 0.973 bits per heavy atom. The molecule has 0 bridgehead atoms. The fourth-order valence-electron chi connectivity index (χ4n) is 5.89. The highest BCUT2D eigenvalue weighted by molar-refractivity contribution is 6.30. The molecule has 2 aliphatic rings. The van der Waals surface area contributed by atoms with Gasteiger partial charge < -0.3 is 24.4 Å². The maximum Gasteiger partial charge on any atom is 0.161 e. The molecule has 0 aromatic heterocycles. The van der Waals surface area contributed by atoms with Gasteiger partial charge in [0.2, 0.25) is 0 Å². The Morgan fingerprint density at radius 2 is 1.78 bits per heavy atom. The van der Waals surface area contributed by atoms with E-state index in [1.807, 2.05) is 18.2 Å². The average Bonchev–Trinajstić information content (AvgIpc) is 3.53. The molecule has 1 unspecified atom stereocenters. The number of anilines is 1. The third-order valence-electron chi connectivity index (χ3n) is 7.96. The van der Waals surface area contributed by atoms with Gasteiger partial charge in [0.15, 0.2) is 11.5 Å². The zero-order valence-electron chi connectivity index (χ0n) is 21.8. The van der Waals surface area contributed by atoms with Crippen LogP contribution in [-0.4, -0.2) is 47.1 Å². The Morgan fingerprint density at radius 3 is 2.54 bits per heavy atom. The fraction of sp³-hybridized carbons (Fsp3) is 0.419. The van der Waals surface area contributed by atoms with E-state index in [1.54, 1.807) is 14.2 Å². The van der Waals surface area contributed by atoms with Crippen LogP contribution in [0.25, 0.3) is 0 Å². The molecule has 196 valence electrons. The molecule has 6 heteroatoms. The molecule has 1 heterocycles. The van der Waals surface area contributed by atoms with Gasteiger partial charge in [0.05, 0.1) is 13.7 Å². The first-order chi connectivity index (χ1) is 18.1. The van der Waals surface area contributed by atoms with Gasteiger partial charge in [-0.15, -0.1) is 0 Å². The third kappa shape index (κ3) is 5.90. The standard InChI is InChI=1S/C31H37ClN2O3/c1-35-15-6-16-37-30-17-23(9-14-29(30)36-2)20-34(27-12-10-26(32)11-13-27)21-25-19-33-22-31(25)18-28(31)24-7-4-3-5-8-24/h3-5,7-14,17,25,28,33H,6,15-16,18-22H2,1-2H3/t25-,28+,31?/m0/s1. The summed E-state index contributed by atoms with van der Waals surface area (Å²) in [5.74, 6) is 2.73. The molecule has 37 heavy (non-hydrogen) atoms. The van der Waals surface area contributed by atoms with Crippen LogP contribution in [0.3, 0.4) is 0 Å². The van der Waals surface area contributed by atoms with Gasteiger partial charge in [-0.3, -0.25) is 0 Å². The van der Waals surface area contributed by atoms with E-state index in [-0.39, 0.29) is 0 Å². The summed E-state index contributed by atoms with van der Waals surface area (Å²) in [5.41, 5.74) is 4.18. The van der Waals surface area contributed by atoms with Crippen molar-refractivity contribution in [2.75, 3.05) is 52.0 Å². The average molecular weight is 521 g/mol. The highest BCUT2D eigenvalue weighted by Crippen LogP contribution is 2.65. The minimum absolute atomic E-state index is 0.335. The molecule has 3 aromatic rings. The van der Waals surface area contributed by atoms with Gasteiger partial charge in [-0.1, -0.05) is 48.0 Å². The Bertz CT molecular complexity index is 1160. The number of rotatable bonds is 12. The number of benzene rings is 3. The van der Waals surface area contributed by atoms with Crippen molar-refractivity contribution < 1.29 is 14.2 Å². The van der Waals surface area contributed by atoms with Gasteiger partial charge in [-0.2, -0.15) is 0 Å². The second-order valence-corrected chi connectivity index (χ2v) is 10.7. The van der Waals surface area contributed by atoms with Crippen LogP contribution in [0.5, 0.6) is 11.5 Å². The van der Waals surface area contributed by atoms with Crippen molar-refractivity contribution in [3.05, 3.63) is 88.9 Å². The van der Waals surface area contributed by atoms with E-state index in [1.165, 1.54) is 23.2 Å². The lowest BCUT2D eigenvalue weighted by molar-refractivity contribution is 0.170. The molecule has 3 aromatic carbocycles. The van der Waals surface area contributed by atoms with E-state index in [9.17, 15) is 0 Å². The summed E-state index contributed by atoms with van der Waals surface area (Å²) in [6.45, 7) is 5.16. The molecule has 0 amide bonds. The minimum atomic E-state index is 0.335. The second kappa shape index (κ2) is 11.8. The van der Waals surface area contributed by atoms with Crippen LogP contribution >= 0.6 is 11.6 Å². The Kier molecular flexibility index (Phi) is 8.23. The SMILES string of the molecule is COCCCOc1cc(CN(C[C@@H]2CNCC23C[C@@H]3c2ccccc2)c2ccc(Cl)cc2)ccc1OC. The molecule has 5 nitrogen and oxygen atoms in total. The summed E-state index contributed by atoms with van der Waals surface area (Å²) in [7, 11) is 3.39. The number of halogens is 1. The summed E-state index contributed by atoms with van der Waals surface area (Å²) in [6.07, 6.45) is 2.09. The molecule has 1 aliphatic carbocycles. The van der Waals surface area contributed by atoms with Crippen molar-refractivity contribution in [1.29, 1.82) is 0 Å². The van der Waals surface area contributed by atoms with Gasteiger partial charge >= 0.3 is 0 Å². The van der Waals surface area contributed by atoms with Gasteiger partial charge in [-0.25, -0.2) is 0 Å². The van der Waals surface area contributed by atoms with Crippen molar-refractivity contribution in [3.8, 4) is 11.5 Å². The molecule has 0 radical (unpaired) electrons. The van der Waals surface area contributed by atoms with E-state index in [0.29, 0.717) is 30.5 Å². The van der Waals surface area contributed by atoms with Crippen LogP contribution in [0.2, 0.25) is 5.02 Å². The number of ether oxygens (including phenoxy) is 3. The van der Waals surface area contributed by atoms with E-state index in [0.717, 1.165) is 49.1 Å². The number of methoxy groups -OCH3 is 2. The minimum Gasteiger partial charge on any atom is -0.493 e. The summed E-state index contributed by atoms with van der Waals surface area (Å²) >= 11 is 6.25.